The number of sulfonamides is 1. The second-order valence-electron chi connectivity index (χ2n) is 6.60. The molecule has 0 saturated carbocycles. The molecule has 3 rings (SSSR count). The molecule has 152 valence electrons. The smallest absolute Gasteiger partial charge is 0.243 e. The van der Waals surface area contributed by atoms with E-state index in [2.05, 4.69) is 15.5 Å². The minimum atomic E-state index is -3.55. The molecule has 1 aromatic heterocycles. The van der Waals surface area contributed by atoms with Crippen molar-refractivity contribution in [2.75, 3.05) is 31.9 Å². The molecule has 1 saturated heterocycles. The Morgan fingerprint density at radius 3 is 2.50 bits per heavy atom. The first-order valence-corrected chi connectivity index (χ1v) is 11.5. The van der Waals surface area contributed by atoms with Crippen LogP contribution in [-0.4, -0.2) is 75.7 Å². The molecular formula is C17H24N6O3S2. The zero-order valence-corrected chi connectivity index (χ0v) is 17.8. The van der Waals surface area contributed by atoms with Crippen molar-refractivity contribution in [3.63, 3.8) is 0 Å². The van der Waals surface area contributed by atoms with Crippen LogP contribution in [0.15, 0.2) is 28.3 Å². The van der Waals surface area contributed by atoms with Gasteiger partial charge in [0.1, 0.15) is 0 Å². The Balaban J connectivity index is 1.57. The Labute approximate surface area is 169 Å². The average Bonchev–Trinajstić information content (AvgIpc) is 3.15. The van der Waals surface area contributed by atoms with Crippen LogP contribution in [0.2, 0.25) is 0 Å². The topological polar surface area (TPSA) is 101 Å². The van der Waals surface area contributed by atoms with E-state index < -0.39 is 10.0 Å². The molecule has 0 atom stereocenters. The highest BCUT2D eigenvalue weighted by atomic mass is 32.2. The Kier molecular flexibility index (Phi) is 6.36. The zero-order chi connectivity index (χ0) is 20.3. The van der Waals surface area contributed by atoms with E-state index in [1.54, 1.807) is 21.7 Å². The van der Waals surface area contributed by atoms with Gasteiger partial charge in [0.25, 0.3) is 0 Å². The van der Waals surface area contributed by atoms with Gasteiger partial charge in [0, 0.05) is 32.7 Å². The van der Waals surface area contributed by atoms with Gasteiger partial charge in [-0.2, -0.15) is 4.31 Å². The lowest BCUT2D eigenvalue weighted by Gasteiger charge is -2.34. The normalized spacial score (nSPS) is 15.8. The van der Waals surface area contributed by atoms with Crippen molar-refractivity contribution in [3.05, 3.63) is 29.3 Å². The highest BCUT2D eigenvalue weighted by Gasteiger charge is 2.30. The highest BCUT2D eigenvalue weighted by molar-refractivity contribution is 7.99. The van der Waals surface area contributed by atoms with Crippen molar-refractivity contribution in [1.82, 2.24) is 29.4 Å². The highest BCUT2D eigenvalue weighted by Crippen LogP contribution is 2.21. The van der Waals surface area contributed by atoms with Crippen LogP contribution in [-0.2, 0) is 21.4 Å². The van der Waals surface area contributed by atoms with Crippen LogP contribution < -0.4 is 0 Å². The third-order valence-electron chi connectivity index (χ3n) is 4.83. The Morgan fingerprint density at radius 1 is 1.14 bits per heavy atom. The van der Waals surface area contributed by atoms with E-state index in [4.69, 9.17) is 0 Å². The van der Waals surface area contributed by atoms with Crippen molar-refractivity contribution in [2.45, 2.75) is 37.4 Å². The van der Waals surface area contributed by atoms with Crippen molar-refractivity contribution in [1.29, 1.82) is 0 Å². The summed E-state index contributed by atoms with van der Waals surface area (Å²) >= 11 is 1.29. The van der Waals surface area contributed by atoms with Crippen molar-refractivity contribution < 1.29 is 13.2 Å². The van der Waals surface area contributed by atoms with Gasteiger partial charge in [-0.15, -0.1) is 5.10 Å². The van der Waals surface area contributed by atoms with Crippen molar-refractivity contribution >= 4 is 27.7 Å². The number of benzene rings is 1. The van der Waals surface area contributed by atoms with Gasteiger partial charge in [0.2, 0.25) is 21.1 Å². The van der Waals surface area contributed by atoms with Gasteiger partial charge in [0.15, 0.2) is 0 Å². The second kappa shape index (κ2) is 8.58. The van der Waals surface area contributed by atoms with Crippen LogP contribution in [0.5, 0.6) is 0 Å². The molecule has 0 unspecified atom stereocenters. The van der Waals surface area contributed by atoms with Crippen LogP contribution in [0, 0.1) is 13.8 Å². The fourth-order valence-electron chi connectivity index (χ4n) is 2.92. The lowest BCUT2D eigenvalue weighted by Crippen LogP contribution is -2.51. The Morgan fingerprint density at radius 2 is 1.86 bits per heavy atom. The van der Waals surface area contributed by atoms with E-state index in [1.165, 1.54) is 16.1 Å². The molecule has 1 amide bonds. The van der Waals surface area contributed by atoms with Crippen LogP contribution in [0.1, 0.15) is 18.1 Å². The third-order valence-corrected chi connectivity index (χ3v) is 7.67. The Hall–Kier alpha value is -1.98. The van der Waals surface area contributed by atoms with Gasteiger partial charge in [-0.25, -0.2) is 13.1 Å². The fourth-order valence-corrected chi connectivity index (χ4v) is 5.27. The number of nitrogens with zero attached hydrogens (tertiary/aromatic N) is 6. The number of rotatable bonds is 6. The number of carbonyl (C=O) groups excluding carboxylic acids is 1. The molecule has 2 aromatic rings. The maximum atomic E-state index is 12.9. The number of hydrogen-bond donors (Lipinski definition) is 0. The summed E-state index contributed by atoms with van der Waals surface area (Å²) < 4.78 is 28.8. The molecule has 9 nitrogen and oxygen atoms in total. The summed E-state index contributed by atoms with van der Waals surface area (Å²) in [5, 5.41) is 11.9. The van der Waals surface area contributed by atoms with Gasteiger partial charge < -0.3 is 4.90 Å². The molecule has 2 heterocycles. The maximum Gasteiger partial charge on any atom is 0.243 e. The predicted molar refractivity (Wildman–Crippen MR) is 105 cm³/mol. The number of piperazine rings is 1. The number of aromatic nitrogens is 4. The summed E-state index contributed by atoms with van der Waals surface area (Å²) in [7, 11) is -3.55. The van der Waals surface area contributed by atoms with Gasteiger partial charge in [-0.3, -0.25) is 4.79 Å². The summed E-state index contributed by atoms with van der Waals surface area (Å²) in [4.78, 5) is 14.5. The summed E-state index contributed by atoms with van der Waals surface area (Å²) in [6, 6.07) is 5.17. The van der Waals surface area contributed by atoms with Crippen LogP contribution in [0.25, 0.3) is 0 Å². The first-order chi connectivity index (χ1) is 13.3. The first-order valence-electron chi connectivity index (χ1n) is 9.07. The zero-order valence-electron chi connectivity index (χ0n) is 16.2. The largest absolute Gasteiger partial charge is 0.339 e. The molecule has 0 aliphatic carbocycles. The van der Waals surface area contributed by atoms with Crippen LogP contribution in [0.4, 0.5) is 0 Å². The maximum absolute atomic E-state index is 12.9. The number of aryl methyl sites for hydroxylation is 3. The standard InChI is InChI=1S/C17H24N6O3S2/c1-4-23-17(18-19-20-23)27-12-16(24)21-7-9-22(10-8-21)28(25,26)15-6-5-13(2)14(3)11-15/h5-6,11H,4,7-10,12H2,1-3H3. The number of carbonyl (C=O) groups is 1. The second-order valence-corrected chi connectivity index (χ2v) is 9.48. The summed E-state index contributed by atoms with van der Waals surface area (Å²) in [6.45, 7) is 7.75. The monoisotopic (exact) mass is 424 g/mol. The molecule has 0 bridgehead atoms. The molecular weight excluding hydrogens is 400 g/mol. The molecule has 1 aliphatic heterocycles. The first kappa shape index (κ1) is 20.7. The van der Waals surface area contributed by atoms with E-state index >= 15 is 0 Å². The van der Waals surface area contributed by atoms with Gasteiger partial charge in [-0.05, 0) is 54.5 Å². The van der Waals surface area contributed by atoms with Gasteiger partial charge in [0.05, 0.1) is 10.6 Å². The molecule has 0 radical (unpaired) electrons. The SMILES string of the molecule is CCn1nnnc1SCC(=O)N1CCN(S(=O)(=O)c2ccc(C)c(C)c2)CC1. The minimum Gasteiger partial charge on any atom is -0.339 e. The van der Waals surface area contributed by atoms with Gasteiger partial charge >= 0.3 is 0 Å². The van der Waals surface area contributed by atoms with Crippen molar-refractivity contribution in [2.24, 2.45) is 0 Å². The summed E-state index contributed by atoms with van der Waals surface area (Å²) in [5.74, 6) is 0.184. The fraction of sp³-hybridized carbons (Fsp3) is 0.529. The number of thioether (sulfide) groups is 1. The third kappa shape index (κ3) is 4.36. The lowest BCUT2D eigenvalue weighted by molar-refractivity contribution is -0.129. The lowest BCUT2D eigenvalue weighted by atomic mass is 10.1. The predicted octanol–water partition coefficient (Wildman–Crippen LogP) is 0.935. The molecule has 0 N–H and O–H groups in total. The number of amides is 1. The number of tetrazole rings is 1. The molecule has 11 heteroatoms. The minimum absolute atomic E-state index is 0.0427. The van der Waals surface area contributed by atoms with Crippen LogP contribution in [0.3, 0.4) is 0 Å². The molecule has 1 aliphatic rings. The molecule has 0 spiro atoms. The average molecular weight is 425 g/mol. The van der Waals surface area contributed by atoms with E-state index in [0.717, 1.165) is 11.1 Å². The van der Waals surface area contributed by atoms with Crippen LogP contribution >= 0.6 is 11.8 Å². The molecule has 28 heavy (non-hydrogen) atoms. The van der Waals surface area contributed by atoms with E-state index in [-0.39, 0.29) is 11.7 Å². The number of hydrogen-bond acceptors (Lipinski definition) is 7. The molecule has 1 fully saturated rings. The summed E-state index contributed by atoms with van der Waals surface area (Å²) in [6.07, 6.45) is 0. The quantitative estimate of drug-likeness (QED) is 0.636. The van der Waals surface area contributed by atoms with E-state index in [9.17, 15) is 13.2 Å². The summed E-state index contributed by atoms with van der Waals surface area (Å²) in [5.41, 5.74) is 2.00. The van der Waals surface area contributed by atoms with E-state index in [1.807, 2.05) is 26.8 Å². The van der Waals surface area contributed by atoms with Gasteiger partial charge in [-0.1, -0.05) is 17.8 Å². The van der Waals surface area contributed by atoms with Crippen molar-refractivity contribution in [3.8, 4) is 0 Å². The Bertz CT molecular complexity index is 952. The molecule has 1 aromatic carbocycles. The van der Waals surface area contributed by atoms with E-state index in [0.29, 0.717) is 42.8 Å².